The summed E-state index contributed by atoms with van der Waals surface area (Å²) < 4.78 is 0. The molecule has 3 nitrogen and oxygen atoms in total. The quantitative estimate of drug-likeness (QED) is 0.701. The minimum Gasteiger partial charge on any atom is -0.396 e. The normalized spacial score (nSPS) is 27.9. The summed E-state index contributed by atoms with van der Waals surface area (Å²) in [6, 6.07) is 0.318. The average molecular weight is 199 g/mol. The minimum absolute atomic E-state index is 0.133. The maximum Gasteiger partial charge on any atom is 0.223 e. The van der Waals surface area contributed by atoms with Crippen molar-refractivity contribution in [3.63, 3.8) is 0 Å². The first-order valence-electron chi connectivity index (χ1n) is 5.58. The highest BCUT2D eigenvalue weighted by atomic mass is 16.3. The number of aliphatic hydroxyl groups is 1. The number of carbonyl (C=O) groups excluding carboxylic acids is 1. The van der Waals surface area contributed by atoms with Crippen LogP contribution in [0, 0.1) is 11.8 Å². The Labute approximate surface area is 85.9 Å². The molecule has 0 aromatic rings. The third-order valence-electron chi connectivity index (χ3n) is 3.01. The standard InChI is InChI=1S/C11H21NO2/c1-3-4-8(2)11(14)12-10-5-9(6-10)7-13/h8-10,13H,3-7H2,1-2H3,(H,12,14). The van der Waals surface area contributed by atoms with Crippen LogP contribution in [0.2, 0.25) is 0 Å². The first-order valence-corrected chi connectivity index (χ1v) is 5.58. The van der Waals surface area contributed by atoms with E-state index in [-0.39, 0.29) is 18.4 Å². The number of aliphatic hydroxyl groups excluding tert-OH is 1. The van der Waals surface area contributed by atoms with Gasteiger partial charge in [-0.05, 0) is 25.2 Å². The van der Waals surface area contributed by atoms with Crippen molar-refractivity contribution < 1.29 is 9.90 Å². The Morgan fingerprint density at radius 1 is 1.57 bits per heavy atom. The fraction of sp³-hybridized carbons (Fsp3) is 0.909. The number of hydrogen-bond acceptors (Lipinski definition) is 2. The Bertz CT molecular complexity index is 188. The molecular weight excluding hydrogens is 178 g/mol. The van der Waals surface area contributed by atoms with E-state index in [4.69, 9.17) is 5.11 Å². The van der Waals surface area contributed by atoms with Gasteiger partial charge in [0.25, 0.3) is 0 Å². The Balaban J connectivity index is 2.15. The van der Waals surface area contributed by atoms with Gasteiger partial charge in [-0.25, -0.2) is 0 Å². The monoisotopic (exact) mass is 199 g/mol. The van der Waals surface area contributed by atoms with Crippen molar-refractivity contribution >= 4 is 5.91 Å². The predicted molar refractivity (Wildman–Crippen MR) is 55.8 cm³/mol. The fourth-order valence-corrected chi connectivity index (χ4v) is 1.91. The largest absolute Gasteiger partial charge is 0.396 e. The summed E-state index contributed by atoms with van der Waals surface area (Å²) in [6.07, 6.45) is 3.91. The molecule has 1 rings (SSSR count). The Morgan fingerprint density at radius 3 is 2.71 bits per heavy atom. The van der Waals surface area contributed by atoms with Gasteiger partial charge in [0.15, 0.2) is 0 Å². The van der Waals surface area contributed by atoms with Crippen molar-refractivity contribution in [2.24, 2.45) is 11.8 Å². The van der Waals surface area contributed by atoms with Gasteiger partial charge in [-0.15, -0.1) is 0 Å². The van der Waals surface area contributed by atoms with Crippen LogP contribution in [0.4, 0.5) is 0 Å². The van der Waals surface area contributed by atoms with E-state index in [1.54, 1.807) is 0 Å². The topological polar surface area (TPSA) is 49.3 Å². The molecule has 2 N–H and O–H groups in total. The number of amides is 1. The molecule has 14 heavy (non-hydrogen) atoms. The zero-order valence-corrected chi connectivity index (χ0v) is 9.12. The van der Waals surface area contributed by atoms with E-state index in [1.165, 1.54) is 0 Å². The van der Waals surface area contributed by atoms with Crippen LogP contribution < -0.4 is 5.32 Å². The lowest BCUT2D eigenvalue weighted by Crippen LogP contribution is -2.46. The lowest BCUT2D eigenvalue weighted by molar-refractivity contribution is -0.126. The van der Waals surface area contributed by atoms with Gasteiger partial charge in [0.2, 0.25) is 5.91 Å². The molecule has 0 aliphatic heterocycles. The molecule has 0 radical (unpaired) electrons. The Morgan fingerprint density at radius 2 is 2.21 bits per heavy atom. The molecule has 0 bridgehead atoms. The van der Waals surface area contributed by atoms with Crippen molar-refractivity contribution in [1.82, 2.24) is 5.32 Å². The lowest BCUT2D eigenvalue weighted by Gasteiger charge is -2.35. The summed E-state index contributed by atoms with van der Waals surface area (Å²) in [7, 11) is 0. The molecule has 0 aromatic heterocycles. The van der Waals surface area contributed by atoms with Crippen LogP contribution in [-0.2, 0) is 4.79 Å². The smallest absolute Gasteiger partial charge is 0.223 e. The van der Waals surface area contributed by atoms with Crippen LogP contribution in [0.3, 0.4) is 0 Å². The number of carbonyl (C=O) groups is 1. The average Bonchev–Trinajstić information content (AvgIpc) is 2.10. The molecular formula is C11H21NO2. The molecule has 1 atom stereocenters. The molecule has 1 fully saturated rings. The van der Waals surface area contributed by atoms with Crippen LogP contribution in [0.1, 0.15) is 39.5 Å². The van der Waals surface area contributed by atoms with Gasteiger partial charge in [-0.1, -0.05) is 20.3 Å². The van der Waals surface area contributed by atoms with Crippen molar-refractivity contribution in [2.45, 2.75) is 45.6 Å². The van der Waals surface area contributed by atoms with E-state index in [0.717, 1.165) is 25.7 Å². The van der Waals surface area contributed by atoms with Gasteiger partial charge in [-0.2, -0.15) is 0 Å². The molecule has 1 aliphatic rings. The van der Waals surface area contributed by atoms with E-state index in [2.05, 4.69) is 12.2 Å². The molecule has 0 aromatic carbocycles. The first-order chi connectivity index (χ1) is 6.67. The number of nitrogens with one attached hydrogen (secondary N) is 1. The molecule has 1 saturated carbocycles. The Hall–Kier alpha value is -0.570. The highest BCUT2D eigenvalue weighted by molar-refractivity contribution is 5.78. The zero-order chi connectivity index (χ0) is 10.6. The van der Waals surface area contributed by atoms with Gasteiger partial charge in [0.05, 0.1) is 0 Å². The van der Waals surface area contributed by atoms with Crippen molar-refractivity contribution in [3.8, 4) is 0 Å². The second-order valence-electron chi connectivity index (χ2n) is 4.42. The molecule has 1 aliphatic carbocycles. The zero-order valence-electron chi connectivity index (χ0n) is 9.12. The van der Waals surface area contributed by atoms with E-state index >= 15 is 0 Å². The van der Waals surface area contributed by atoms with Crippen LogP contribution >= 0.6 is 0 Å². The van der Waals surface area contributed by atoms with Gasteiger partial charge >= 0.3 is 0 Å². The Kier molecular flexibility index (Phi) is 4.39. The van der Waals surface area contributed by atoms with Crippen LogP contribution in [-0.4, -0.2) is 23.7 Å². The highest BCUT2D eigenvalue weighted by Gasteiger charge is 2.30. The van der Waals surface area contributed by atoms with Crippen molar-refractivity contribution in [3.05, 3.63) is 0 Å². The molecule has 0 spiro atoms. The van der Waals surface area contributed by atoms with Gasteiger partial charge in [0.1, 0.15) is 0 Å². The maximum atomic E-state index is 11.6. The lowest BCUT2D eigenvalue weighted by atomic mass is 9.80. The van der Waals surface area contributed by atoms with Crippen LogP contribution in [0.25, 0.3) is 0 Å². The number of rotatable bonds is 5. The molecule has 1 unspecified atom stereocenters. The summed E-state index contributed by atoms with van der Waals surface area (Å²) in [4.78, 5) is 11.6. The van der Waals surface area contributed by atoms with Crippen molar-refractivity contribution in [2.75, 3.05) is 6.61 Å². The predicted octanol–water partition coefficient (Wildman–Crippen LogP) is 1.31. The van der Waals surface area contributed by atoms with E-state index in [0.29, 0.717) is 12.0 Å². The summed E-state index contributed by atoms with van der Waals surface area (Å²) in [5.41, 5.74) is 0. The summed E-state index contributed by atoms with van der Waals surface area (Å²) in [5, 5.41) is 11.8. The molecule has 3 heteroatoms. The van der Waals surface area contributed by atoms with Crippen molar-refractivity contribution in [1.29, 1.82) is 0 Å². The molecule has 0 saturated heterocycles. The molecule has 1 amide bonds. The van der Waals surface area contributed by atoms with E-state index < -0.39 is 0 Å². The first kappa shape index (κ1) is 11.5. The van der Waals surface area contributed by atoms with Gasteiger partial charge in [0, 0.05) is 18.6 Å². The highest BCUT2D eigenvalue weighted by Crippen LogP contribution is 2.26. The van der Waals surface area contributed by atoms with Crippen LogP contribution in [0.5, 0.6) is 0 Å². The molecule has 0 heterocycles. The minimum atomic E-state index is 0.133. The summed E-state index contributed by atoms with van der Waals surface area (Å²) >= 11 is 0. The third kappa shape index (κ3) is 2.98. The van der Waals surface area contributed by atoms with Gasteiger partial charge in [-0.3, -0.25) is 4.79 Å². The second kappa shape index (κ2) is 5.35. The second-order valence-corrected chi connectivity index (χ2v) is 4.42. The summed E-state index contributed by atoms with van der Waals surface area (Å²) in [5.74, 6) is 0.725. The fourth-order valence-electron chi connectivity index (χ4n) is 1.91. The van der Waals surface area contributed by atoms with E-state index in [1.807, 2.05) is 6.92 Å². The van der Waals surface area contributed by atoms with E-state index in [9.17, 15) is 4.79 Å². The third-order valence-corrected chi connectivity index (χ3v) is 3.01. The SMILES string of the molecule is CCCC(C)C(=O)NC1CC(CO)C1. The molecule has 82 valence electrons. The van der Waals surface area contributed by atoms with Crippen LogP contribution in [0.15, 0.2) is 0 Å². The number of hydrogen-bond donors (Lipinski definition) is 2. The summed E-state index contributed by atoms with van der Waals surface area (Å²) in [6.45, 7) is 4.33. The maximum absolute atomic E-state index is 11.6. The van der Waals surface area contributed by atoms with Gasteiger partial charge < -0.3 is 10.4 Å².